The van der Waals surface area contributed by atoms with Gasteiger partial charge < -0.3 is 4.90 Å². The Morgan fingerprint density at radius 2 is 2.00 bits per heavy atom. The van der Waals surface area contributed by atoms with Gasteiger partial charge in [-0.3, -0.25) is 4.79 Å². The summed E-state index contributed by atoms with van der Waals surface area (Å²) in [6.45, 7) is 4.47. The monoisotopic (exact) mass is 254 g/mol. The molecule has 1 aromatic carbocycles. The molecule has 5 nitrogen and oxygen atoms in total. The Morgan fingerprint density at radius 3 is 2.58 bits per heavy atom. The summed E-state index contributed by atoms with van der Waals surface area (Å²) in [6.07, 6.45) is 5.53. The predicted octanol–water partition coefficient (Wildman–Crippen LogP) is 1.81. The second kappa shape index (κ2) is 4.68. The summed E-state index contributed by atoms with van der Waals surface area (Å²) in [5.74, 6) is 0.404. The molecule has 0 spiro atoms. The van der Waals surface area contributed by atoms with Gasteiger partial charge in [0.25, 0.3) is 0 Å². The lowest BCUT2D eigenvalue weighted by atomic mass is 10.1. The summed E-state index contributed by atoms with van der Waals surface area (Å²) in [6, 6.07) is 7.72. The Hall–Kier alpha value is -2.43. The molecular weight excluding hydrogens is 240 g/mol. The molecule has 0 bridgehead atoms. The fraction of sp³-hybridized carbons (Fsp3) is 0.214. The Balaban J connectivity index is 1.83. The van der Waals surface area contributed by atoms with Gasteiger partial charge in [0, 0.05) is 24.6 Å². The smallest absolute Gasteiger partial charge is 0.227 e. The Morgan fingerprint density at radius 1 is 1.26 bits per heavy atom. The van der Waals surface area contributed by atoms with E-state index < -0.39 is 0 Å². The Labute approximate surface area is 111 Å². The van der Waals surface area contributed by atoms with Crippen LogP contribution in [-0.4, -0.2) is 27.2 Å². The van der Waals surface area contributed by atoms with Crippen LogP contribution in [0.25, 0.3) is 5.69 Å². The molecule has 0 aliphatic carbocycles. The van der Waals surface area contributed by atoms with Crippen molar-refractivity contribution in [3.8, 4) is 5.69 Å². The van der Waals surface area contributed by atoms with Crippen LogP contribution >= 0.6 is 0 Å². The third-order valence-electron chi connectivity index (χ3n) is 3.33. The van der Waals surface area contributed by atoms with E-state index in [0.717, 1.165) is 11.4 Å². The predicted molar refractivity (Wildman–Crippen MR) is 72.0 cm³/mol. The number of hydrogen-bond donors (Lipinski definition) is 0. The molecular formula is C14H14N4O. The van der Waals surface area contributed by atoms with Crippen molar-refractivity contribution in [2.75, 3.05) is 11.4 Å². The molecule has 2 aromatic rings. The molecule has 96 valence electrons. The van der Waals surface area contributed by atoms with Crippen molar-refractivity contribution < 1.29 is 4.79 Å². The standard InChI is InChI=1S/C14H14N4O/c1-2-11-7-14(19)17(8-11)12-3-5-13(6-4-12)18-10-15-9-16-18/h2-6,9-11H,1,7-8H2. The summed E-state index contributed by atoms with van der Waals surface area (Å²) >= 11 is 0. The van der Waals surface area contributed by atoms with E-state index in [0.29, 0.717) is 13.0 Å². The molecule has 0 saturated carbocycles. The maximum Gasteiger partial charge on any atom is 0.227 e. The van der Waals surface area contributed by atoms with Gasteiger partial charge in [-0.15, -0.1) is 6.58 Å². The van der Waals surface area contributed by atoms with Gasteiger partial charge >= 0.3 is 0 Å². The summed E-state index contributed by atoms with van der Waals surface area (Å²) in [5, 5.41) is 4.07. The number of carbonyl (C=O) groups is 1. The number of aromatic nitrogens is 3. The van der Waals surface area contributed by atoms with Crippen LogP contribution in [0.4, 0.5) is 5.69 Å². The van der Waals surface area contributed by atoms with Crippen LogP contribution in [0.1, 0.15) is 6.42 Å². The largest absolute Gasteiger partial charge is 0.312 e. The van der Waals surface area contributed by atoms with E-state index in [4.69, 9.17) is 0 Å². The van der Waals surface area contributed by atoms with Crippen LogP contribution in [0, 0.1) is 5.92 Å². The van der Waals surface area contributed by atoms with Gasteiger partial charge in [0.15, 0.2) is 0 Å². The lowest BCUT2D eigenvalue weighted by molar-refractivity contribution is -0.117. The molecule has 1 aliphatic heterocycles. The normalized spacial score (nSPS) is 18.8. The maximum absolute atomic E-state index is 11.9. The van der Waals surface area contributed by atoms with Crippen molar-refractivity contribution in [1.29, 1.82) is 0 Å². The lowest BCUT2D eigenvalue weighted by Crippen LogP contribution is -2.24. The summed E-state index contributed by atoms with van der Waals surface area (Å²) in [4.78, 5) is 17.6. The van der Waals surface area contributed by atoms with Crippen LogP contribution in [-0.2, 0) is 4.79 Å². The minimum absolute atomic E-state index is 0.151. The second-order valence-corrected chi connectivity index (χ2v) is 4.56. The molecule has 1 fully saturated rings. The molecule has 0 radical (unpaired) electrons. The van der Waals surface area contributed by atoms with E-state index in [9.17, 15) is 4.79 Å². The first kappa shape index (κ1) is 11.6. The number of amides is 1. The molecule has 1 aliphatic rings. The van der Waals surface area contributed by atoms with E-state index in [-0.39, 0.29) is 11.8 Å². The second-order valence-electron chi connectivity index (χ2n) is 4.56. The third-order valence-corrected chi connectivity index (χ3v) is 3.33. The molecule has 1 saturated heterocycles. The molecule has 1 unspecified atom stereocenters. The molecule has 1 amide bonds. The number of carbonyl (C=O) groups excluding carboxylic acids is 1. The highest BCUT2D eigenvalue weighted by molar-refractivity contribution is 5.96. The van der Waals surface area contributed by atoms with Gasteiger partial charge in [-0.2, -0.15) is 5.10 Å². The number of benzene rings is 1. The number of anilines is 1. The minimum Gasteiger partial charge on any atom is -0.312 e. The molecule has 0 N–H and O–H groups in total. The zero-order valence-corrected chi connectivity index (χ0v) is 10.4. The van der Waals surface area contributed by atoms with Crippen molar-refractivity contribution in [1.82, 2.24) is 14.8 Å². The van der Waals surface area contributed by atoms with Gasteiger partial charge in [-0.25, -0.2) is 9.67 Å². The minimum atomic E-state index is 0.151. The highest BCUT2D eigenvalue weighted by Crippen LogP contribution is 2.26. The zero-order chi connectivity index (χ0) is 13.2. The van der Waals surface area contributed by atoms with E-state index in [1.165, 1.54) is 6.33 Å². The van der Waals surface area contributed by atoms with Crippen LogP contribution in [0.3, 0.4) is 0 Å². The SMILES string of the molecule is C=CC1CC(=O)N(c2ccc(-n3cncn3)cc2)C1. The van der Waals surface area contributed by atoms with Crippen molar-refractivity contribution in [3.05, 3.63) is 49.6 Å². The van der Waals surface area contributed by atoms with Gasteiger partial charge in [0.1, 0.15) is 12.7 Å². The van der Waals surface area contributed by atoms with Crippen LogP contribution in [0.15, 0.2) is 49.6 Å². The molecule has 2 heterocycles. The fourth-order valence-electron chi connectivity index (χ4n) is 2.27. The summed E-state index contributed by atoms with van der Waals surface area (Å²) < 4.78 is 1.68. The highest BCUT2D eigenvalue weighted by atomic mass is 16.2. The first-order valence-corrected chi connectivity index (χ1v) is 6.16. The average molecular weight is 254 g/mol. The van der Waals surface area contributed by atoms with Crippen LogP contribution in [0.2, 0.25) is 0 Å². The first-order valence-electron chi connectivity index (χ1n) is 6.16. The van der Waals surface area contributed by atoms with Gasteiger partial charge in [-0.05, 0) is 24.3 Å². The Kier molecular flexibility index (Phi) is 2.87. The molecule has 3 rings (SSSR count). The van der Waals surface area contributed by atoms with Gasteiger partial charge in [-0.1, -0.05) is 6.08 Å². The molecule has 1 atom stereocenters. The van der Waals surface area contributed by atoms with Crippen LogP contribution < -0.4 is 4.90 Å². The van der Waals surface area contributed by atoms with Crippen molar-refractivity contribution in [2.24, 2.45) is 5.92 Å². The molecule has 5 heteroatoms. The fourth-order valence-corrected chi connectivity index (χ4v) is 2.27. The summed E-state index contributed by atoms with van der Waals surface area (Å²) in [5.41, 5.74) is 1.84. The number of nitrogens with zero attached hydrogens (tertiary/aromatic N) is 4. The lowest BCUT2D eigenvalue weighted by Gasteiger charge is -2.16. The van der Waals surface area contributed by atoms with Gasteiger partial charge in [0.05, 0.1) is 5.69 Å². The topological polar surface area (TPSA) is 51.0 Å². The summed E-state index contributed by atoms with van der Waals surface area (Å²) in [7, 11) is 0. The Bertz CT molecular complexity index is 588. The highest BCUT2D eigenvalue weighted by Gasteiger charge is 2.28. The van der Waals surface area contributed by atoms with Crippen LogP contribution in [0.5, 0.6) is 0 Å². The maximum atomic E-state index is 11.9. The first-order chi connectivity index (χ1) is 9.28. The third kappa shape index (κ3) is 2.14. The van der Waals surface area contributed by atoms with E-state index in [2.05, 4.69) is 16.7 Å². The average Bonchev–Trinajstić information content (AvgIpc) is 3.08. The van der Waals surface area contributed by atoms with E-state index in [1.807, 2.05) is 30.3 Å². The number of hydrogen-bond acceptors (Lipinski definition) is 3. The molecule has 19 heavy (non-hydrogen) atoms. The van der Waals surface area contributed by atoms with Crippen molar-refractivity contribution in [3.63, 3.8) is 0 Å². The van der Waals surface area contributed by atoms with E-state index >= 15 is 0 Å². The van der Waals surface area contributed by atoms with E-state index in [1.54, 1.807) is 15.9 Å². The van der Waals surface area contributed by atoms with Crippen molar-refractivity contribution in [2.45, 2.75) is 6.42 Å². The molecule has 1 aromatic heterocycles. The quantitative estimate of drug-likeness (QED) is 0.785. The zero-order valence-electron chi connectivity index (χ0n) is 10.4. The van der Waals surface area contributed by atoms with Gasteiger partial charge in [0.2, 0.25) is 5.91 Å². The number of rotatable bonds is 3. The van der Waals surface area contributed by atoms with Crippen molar-refractivity contribution >= 4 is 11.6 Å².